The number of hydrogen-bond acceptors (Lipinski definition) is 6. The van der Waals surface area contributed by atoms with Crippen molar-refractivity contribution in [1.82, 2.24) is 0 Å². The fraction of sp³-hybridized carbons (Fsp3) is 1.00. The van der Waals surface area contributed by atoms with Crippen molar-refractivity contribution in [3.05, 3.63) is 0 Å². The van der Waals surface area contributed by atoms with E-state index in [1.165, 1.54) is 0 Å². The smallest absolute Gasteiger partial charge is 0.257 e. The molecule has 1 atom stereocenters. The van der Waals surface area contributed by atoms with E-state index in [9.17, 15) is 5.11 Å². The van der Waals surface area contributed by atoms with Gasteiger partial charge in [-0.05, 0) is 12.8 Å². The lowest BCUT2D eigenvalue weighted by atomic mass is 9.85. The first kappa shape index (κ1) is 10.2. The van der Waals surface area contributed by atoms with Crippen LogP contribution in [0.5, 0.6) is 0 Å². The van der Waals surface area contributed by atoms with Gasteiger partial charge in [-0.25, -0.2) is 0 Å². The molecule has 0 heterocycles. The molecule has 0 amide bonds. The van der Waals surface area contributed by atoms with Crippen LogP contribution in [0.1, 0.15) is 19.3 Å². The lowest BCUT2D eigenvalue weighted by molar-refractivity contribution is -0.404. The molecule has 12 heavy (non-hydrogen) atoms. The maximum absolute atomic E-state index is 9.28. The molecule has 1 aliphatic rings. The van der Waals surface area contributed by atoms with Crippen molar-refractivity contribution < 1.29 is 25.5 Å². The number of thiol groups is 1. The summed E-state index contributed by atoms with van der Waals surface area (Å²) in [7, 11) is 0. The number of aliphatic hydroxyl groups is 5. The average Bonchev–Trinajstić information content (AvgIpc) is 1.83. The minimum Gasteiger partial charge on any atom is -0.374 e. The second-order valence-electron chi connectivity index (χ2n) is 3.16. The van der Waals surface area contributed by atoms with Crippen molar-refractivity contribution in [3.63, 3.8) is 0 Å². The molecule has 1 rings (SSSR count). The van der Waals surface area contributed by atoms with Crippen LogP contribution in [0, 0.1) is 0 Å². The number of rotatable bonds is 0. The van der Waals surface area contributed by atoms with Crippen molar-refractivity contribution in [2.24, 2.45) is 0 Å². The highest BCUT2D eigenvalue weighted by atomic mass is 32.1. The van der Waals surface area contributed by atoms with Gasteiger partial charge in [0.1, 0.15) is 0 Å². The predicted molar refractivity (Wildman–Crippen MR) is 42.1 cm³/mol. The largest absolute Gasteiger partial charge is 0.374 e. The Balaban J connectivity index is 2.99. The quantitative estimate of drug-likeness (QED) is 0.202. The zero-order valence-electron chi connectivity index (χ0n) is 6.30. The Bertz CT molecular complexity index is 170. The van der Waals surface area contributed by atoms with Crippen LogP contribution in [0.2, 0.25) is 0 Å². The molecule has 1 fully saturated rings. The summed E-state index contributed by atoms with van der Waals surface area (Å²) in [6.07, 6.45) is 0.0464. The second kappa shape index (κ2) is 2.57. The van der Waals surface area contributed by atoms with Gasteiger partial charge in [0.25, 0.3) is 5.79 Å². The lowest BCUT2D eigenvalue weighted by Crippen LogP contribution is -2.68. The summed E-state index contributed by atoms with van der Waals surface area (Å²) in [5.74, 6) is -5.71. The first-order chi connectivity index (χ1) is 5.21. The van der Waals surface area contributed by atoms with Crippen LogP contribution in [0.15, 0.2) is 0 Å². The van der Waals surface area contributed by atoms with E-state index in [4.69, 9.17) is 20.4 Å². The van der Waals surface area contributed by atoms with Gasteiger partial charge in [-0.3, -0.25) is 0 Å². The van der Waals surface area contributed by atoms with Gasteiger partial charge in [0.2, 0.25) is 5.79 Å². The van der Waals surface area contributed by atoms with E-state index in [0.29, 0.717) is 0 Å². The molecular weight excluding hydrogens is 184 g/mol. The number of hydrogen-bond donors (Lipinski definition) is 6. The van der Waals surface area contributed by atoms with Gasteiger partial charge in [0, 0.05) is 6.42 Å². The summed E-state index contributed by atoms with van der Waals surface area (Å²) in [5, 5.41) is 45.8. The van der Waals surface area contributed by atoms with E-state index in [-0.39, 0.29) is 19.3 Å². The Kier molecular flexibility index (Phi) is 2.19. The molecule has 0 spiro atoms. The normalized spacial score (nSPS) is 39.5. The molecule has 1 unspecified atom stereocenters. The van der Waals surface area contributed by atoms with Gasteiger partial charge in [-0.15, -0.1) is 12.6 Å². The third-order valence-corrected chi connectivity index (χ3v) is 2.70. The Morgan fingerprint density at radius 2 is 1.42 bits per heavy atom. The zero-order valence-corrected chi connectivity index (χ0v) is 7.20. The summed E-state index contributed by atoms with van der Waals surface area (Å²) in [6, 6.07) is 0. The maximum atomic E-state index is 9.28. The standard InChI is InChI=1S/C6H12O5S/c7-4(8)2-1-3-5(9,12)6(4,10)11/h7-12H,1-3H2. The Morgan fingerprint density at radius 3 is 1.75 bits per heavy atom. The zero-order chi connectivity index (χ0) is 9.62. The first-order valence-corrected chi connectivity index (χ1v) is 4.00. The molecule has 0 aromatic carbocycles. The van der Waals surface area contributed by atoms with E-state index < -0.39 is 16.5 Å². The van der Waals surface area contributed by atoms with Crippen molar-refractivity contribution in [1.29, 1.82) is 0 Å². The molecule has 0 radical (unpaired) electrons. The Labute approximate surface area is 74.7 Å². The summed E-state index contributed by atoms with van der Waals surface area (Å²) in [4.78, 5) is -2.19. The molecule has 6 heteroatoms. The van der Waals surface area contributed by atoms with Crippen LogP contribution in [0.4, 0.5) is 0 Å². The third-order valence-electron chi connectivity index (χ3n) is 2.17. The molecule has 0 aromatic rings. The van der Waals surface area contributed by atoms with Crippen molar-refractivity contribution in [2.75, 3.05) is 0 Å². The topological polar surface area (TPSA) is 101 Å². The molecule has 0 aromatic heterocycles. The van der Waals surface area contributed by atoms with Crippen LogP contribution in [-0.4, -0.2) is 42.0 Å². The molecule has 0 aliphatic heterocycles. The Hall–Kier alpha value is 0.150. The fourth-order valence-corrected chi connectivity index (χ4v) is 1.59. The molecule has 5 nitrogen and oxygen atoms in total. The van der Waals surface area contributed by atoms with E-state index in [2.05, 4.69) is 12.6 Å². The summed E-state index contributed by atoms with van der Waals surface area (Å²) >= 11 is 3.55. The first-order valence-electron chi connectivity index (χ1n) is 3.55. The predicted octanol–water partition coefficient (Wildman–Crippen LogP) is -1.85. The van der Waals surface area contributed by atoms with Crippen LogP contribution >= 0.6 is 12.6 Å². The van der Waals surface area contributed by atoms with Crippen LogP contribution in [-0.2, 0) is 0 Å². The molecule has 0 saturated heterocycles. The second-order valence-corrected chi connectivity index (χ2v) is 3.90. The van der Waals surface area contributed by atoms with E-state index in [1.807, 2.05) is 0 Å². The van der Waals surface area contributed by atoms with E-state index >= 15 is 0 Å². The van der Waals surface area contributed by atoms with Crippen molar-refractivity contribution in [2.45, 2.75) is 35.8 Å². The monoisotopic (exact) mass is 196 g/mol. The molecule has 0 bridgehead atoms. The minimum absolute atomic E-state index is 0.00796. The van der Waals surface area contributed by atoms with Gasteiger partial charge >= 0.3 is 0 Å². The molecule has 5 N–H and O–H groups in total. The minimum atomic E-state index is -3.00. The molecule has 72 valence electrons. The van der Waals surface area contributed by atoms with Gasteiger partial charge in [0.05, 0.1) is 0 Å². The summed E-state index contributed by atoms with van der Waals surface area (Å²) < 4.78 is 0. The average molecular weight is 196 g/mol. The highest BCUT2D eigenvalue weighted by molar-refractivity contribution is 7.81. The summed E-state index contributed by atoms with van der Waals surface area (Å²) in [6.45, 7) is 0. The van der Waals surface area contributed by atoms with Crippen LogP contribution in [0.3, 0.4) is 0 Å². The van der Waals surface area contributed by atoms with Gasteiger partial charge in [0.15, 0.2) is 4.93 Å². The van der Waals surface area contributed by atoms with Gasteiger partial charge in [-0.2, -0.15) is 0 Å². The highest BCUT2D eigenvalue weighted by Gasteiger charge is 2.62. The molecule has 1 aliphatic carbocycles. The van der Waals surface area contributed by atoms with E-state index in [1.54, 1.807) is 0 Å². The van der Waals surface area contributed by atoms with Gasteiger partial charge in [-0.1, -0.05) is 0 Å². The van der Waals surface area contributed by atoms with Crippen LogP contribution in [0.25, 0.3) is 0 Å². The fourth-order valence-electron chi connectivity index (χ4n) is 1.25. The van der Waals surface area contributed by atoms with Gasteiger partial charge < -0.3 is 25.5 Å². The third kappa shape index (κ3) is 1.24. The highest BCUT2D eigenvalue weighted by Crippen LogP contribution is 2.42. The Morgan fingerprint density at radius 1 is 0.917 bits per heavy atom. The molecule has 1 saturated carbocycles. The van der Waals surface area contributed by atoms with E-state index in [0.717, 1.165) is 0 Å². The summed E-state index contributed by atoms with van der Waals surface area (Å²) in [5.41, 5.74) is 0. The lowest BCUT2D eigenvalue weighted by Gasteiger charge is -2.47. The van der Waals surface area contributed by atoms with Crippen molar-refractivity contribution in [3.8, 4) is 0 Å². The molecular formula is C6H12O5S. The maximum Gasteiger partial charge on any atom is 0.257 e. The van der Waals surface area contributed by atoms with Crippen molar-refractivity contribution >= 4 is 12.6 Å². The SMILES string of the molecule is OC1(O)CCCC(O)(S)C1(O)O. The van der Waals surface area contributed by atoms with Crippen LogP contribution < -0.4 is 0 Å².